The lowest BCUT2D eigenvalue weighted by atomic mass is 10.1. The first-order valence-corrected chi connectivity index (χ1v) is 16.3. The molecule has 3 aromatic rings. The summed E-state index contributed by atoms with van der Waals surface area (Å²) < 4.78 is 43.9. The second-order valence-corrected chi connectivity index (χ2v) is 13.6. The largest absolute Gasteiger partial charge is 0.480 e. The Hall–Kier alpha value is -2.62. The number of hydrogen-bond donors (Lipinski definition) is 1. The first-order chi connectivity index (χ1) is 19.4. The molecule has 0 aliphatic carbocycles. The maximum atomic E-state index is 12.0. The van der Waals surface area contributed by atoms with Crippen molar-refractivity contribution in [2.75, 3.05) is 75.6 Å². The molecule has 4 aliphatic heterocycles. The molecule has 1 N–H and O–H groups in total. The van der Waals surface area contributed by atoms with Gasteiger partial charge >= 0.3 is 0 Å². The molecule has 7 heterocycles. The van der Waals surface area contributed by atoms with Crippen LogP contribution in [0.5, 0.6) is 5.88 Å². The van der Waals surface area contributed by atoms with Crippen molar-refractivity contribution < 1.29 is 22.6 Å². The van der Waals surface area contributed by atoms with Gasteiger partial charge in [-0.2, -0.15) is 0 Å². The molecule has 0 aromatic carbocycles. The highest BCUT2D eigenvalue weighted by Crippen LogP contribution is 2.39. The Morgan fingerprint density at radius 3 is 2.62 bits per heavy atom. The summed E-state index contributed by atoms with van der Waals surface area (Å²) in [6, 6.07) is 3.47. The molecule has 14 heteroatoms. The highest BCUT2D eigenvalue weighted by Gasteiger charge is 2.47. The summed E-state index contributed by atoms with van der Waals surface area (Å²) >= 11 is 1.62. The van der Waals surface area contributed by atoms with Gasteiger partial charge in [0.1, 0.15) is 5.69 Å². The van der Waals surface area contributed by atoms with Gasteiger partial charge in [0.15, 0.2) is 0 Å². The number of ether oxygens (including phenoxy) is 3. The van der Waals surface area contributed by atoms with Crippen LogP contribution in [0.4, 0.5) is 11.6 Å². The molecule has 214 valence electrons. The predicted molar refractivity (Wildman–Crippen MR) is 153 cm³/mol. The van der Waals surface area contributed by atoms with Crippen LogP contribution in [0.15, 0.2) is 17.6 Å². The van der Waals surface area contributed by atoms with E-state index in [0.717, 1.165) is 55.0 Å². The van der Waals surface area contributed by atoms with E-state index >= 15 is 0 Å². The zero-order chi connectivity index (χ0) is 27.4. The molecule has 4 fully saturated rings. The van der Waals surface area contributed by atoms with Crippen LogP contribution in [0.3, 0.4) is 0 Å². The fourth-order valence-electron chi connectivity index (χ4n) is 6.24. The van der Waals surface area contributed by atoms with E-state index in [2.05, 4.69) is 29.8 Å². The van der Waals surface area contributed by atoms with Crippen molar-refractivity contribution in [3.63, 3.8) is 0 Å². The molecule has 40 heavy (non-hydrogen) atoms. The Bertz CT molecular complexity index is 1520. The van der Waals surface area contributed by atoms with E-state index in [4.69, 9.17) is 24.2 Å². The van der Waals surface area contributed by atoms with E-state index < -0.39 is 10.0 Å². The standard InChI is InChI=1S/C26H33N7O5S2/c1-36-25-21(30-40(2,34)35)7-16(9-27-25)22-24-23(29-26(28-22)31-3-5-37-6-4-31)17(15-39-24)10-32-11-19-8-18(32)12-33(19)20-13-38-14-20/h7,9,15,18-20,30H,3-6,8,10-14H2,1-2H3. The van der Waals surface area contributed by atoms with Crippen LogP contribution in [0, 0.1) is 0 Å². The maximum Gasteiger partial charge on any atom is 0.238 e. The fourth-order valence-corrected chi connectivity index (χ4v) is 7.79. The average molecular weight is 588 g/mol. The molecule has 0 radical (unpaired) electrons. The SMILES string of the molecule is COc1ncc(-c2nc(N3CCOCC3)nc3c(CN4CC5CC4CN5C4COC4)csc23)cc1NS(C)(=O)=O. The lowest BCUT2D eigenvalue weighted by Crippen LogP contribution is -2.56. The Kier molecular flexibility index (Phi) is 6.79. The first-order valence-electron chi connectivity index (χ1n) is 13.6. The van der Waals surface area contributed by atoms with Crippen molar-refractivity contribution in [3.8, 4) is 17.1 Å². The van der Waals surface area contributed by atoms with Gasteiger partial charge in [-0.15, -0.1) is 11.3 Å². The molecule has 0 saturated carbocycles. The summed E-state index contributed by atoms with van der Waals surface area (Å²) in [6.45, 7) is 7.41. The minimum atomic E-state index is -3.54. The number of anilines is 2. The first kappa shape index (κ1) is 26.3. The third-order valence-corrected chi connectivity index (χ3v) is 9.86. The number of hydrogen-bond acceptors (Lipinski definition) is 12. The lowest BCUT2D eigenvalue weighted by molar-refractivity contribution is -0.0804. The van der Waals surface area contributed by atoms with E-state index in [-0.39, 0.29) is 11.6 Å². The molecular weight excluding hydrogens is 554 g/mol. The van der Waals surface area contributed by atoms with E-state index in [9.17, 15) is 8.42 Å². The van der Waals surface area contributed by atoms with Crippen LogP contribution in [0.2, 0.25) is 0 Å². The second kappa shape index (κ2) is 10.3. The number of nitrogens with one attached hydrogen (secondary N) is 1. The molecule has 12 nitrogen and oxygen atoms in total. The van der Waals surface area contributed by atoms with Gasteiger partial charge in [0.05, 0.1) is 61.7 Å². The topological polar surface area (TPSA) is 122 Å². The Labute approximate surface area is 237 Å². The van der Waals surface area contributed by atoms with Gasteiger partial charge in [-0.05, 0) is 17.9 Å². The van der Waals surface area contributed by atoms with Gasteiger partial charge < -0.3 is 19.1 Å². The zero-order valence-electron chi connectivity index (χ0n) is 22.6. The van der Waals surface area contributed by atoms with Gasteiger partial charge in [0, 0.05) is 62.1 Å². The molecule has 2 bridgehead atoms. The van der Waals surface area contributed by atoms with Gasteiger partial charge in [0.2, 0.25) is 21.9 Å². The summed E-state index contributed by atoms with van der Waals surface area (Å²) in [7, 11) is -2.07. The number of aromatic nitrogens is 3. The number of thiophene rings is 1. The van der Waals surface area contributed by atoms with Gasteiger partial charge in [-0.1, -0.05) is 0 Å². The van der Waals surface area contributed by atoms with Crippen LogP contribution < -0.4 is 14.4 Å². The van der Waals surface area contributed by atoms with E-state index in [1.807, 2.05) is 0 Å². The number of nitrogens with zero attached hydrogens (tertiary/aromatic N) is 6. The predicted octanol–water partition coefficient (Wildman–Crippen LogP) is 1.63. The molecule has 3 aromatic heterocycles. The molecule has 0 spiro atoms. The van der Waals surface area contributed by atoms with Crippen molar-refractivity contribution in [2.24, 2.45) is 0 Å². The Balaban J connectivity index is 1.25. The number of methoxy groups -OCH3 is 1. The van der Waals surface area contributed by atoms with Crippen LogP contribution >= 0.6 is 11.3 Å². The smallest absolute Gasteiger partial charge is 0.238 e. The highest BCUT2D eigenvalue weighted by molar-refractivity contribution is 7.92. The molecule has 4 aliphatic rings. The number of fused-ring (bicyclic) bond motifs is 3. The number of sulfonamides is 1. The van der Waals surface area contributed by atoms with Crippen molar-refractivity contribution in [1.82, 2.24) is 24.8 Å². The van der Waals surface area contributed by atoms with Crippen LogP contribution in [0.25, 0.3) is 21.5 Å². The number of likely N-dealkylation sites (tertiary alicyclic amines) is 2. The van der Waals surface area contributed by atoms with Crippen molar-refractivity contribution in [2.45, 2.75) is 31.1 Å². The maximum absolute atomic E-state index is 12.0. The normalized spacial score (nSPS) is 24.1. The third-order valence-electron chi connectivity index (χ3n) is 8.24. The van der Waals surface area contributed by atoms with E-state index in [1.165, 1.54) is 19.1 Å². The fraction of sp³-hybridized carbons (Fsp3) is 0.577. The van der Waals surface area contributed by atoms with Crippen LogP contribution in [0.1, 0.15) is 12.0 Å². The summed E-state index contributed by atoms with van der Waals surface area (Å²) in [5, 5.41) is 2.20. The summed E-state index contributed by atoms with van der Waals surface area (Å²) in [6.07, 6.45) is 3.99. The van der Waals surface area contributed by atoms with Crippen LogP contribution in [-0.4, -0.2) is 117 Å². The number of pyridine rings is 1. The Morgan fingerprint density at radius 2 is 1.95 bits per heavy atom. The molecule has 0 amide bonds. The number of piperazine rings is 1. The van der Waals surface area contributed by atoms with Crippen LogP contribution in [-0.2, 0) is 26.0 Å². The summed E-state index contributed by atoms with van der Waals surface area (Å²) in [5.74, 6) is 0.851. The van der Waals surface area contributed by atoms with E-state index in [1.54, 1.807) is 23.6 Å². The van der Waals surface area contributed by atoms with Crippen molar-refractivity contribution in [1.29, 1.82) is 0 Å². The van der Waals surface area contributed by atoms with Crippen molar-refractivity contribution >= 4 is 43.2 Å². The second-order valence-electron chi connectivity index (χ2n) is 10.9. The van der Waals surface area contributed by atoms with Gasteiger partial charge in [-0.25, -0.2) is 23.4 Å². The third kappa shape index (κ3) is 4.90. The molecule has 7 rings (SSSR count). The minimum Gasteiger partial charge on any atom is -0.480 e. The Morgan fingerprint density at radius 1 is 1.12 bits per heavy atom. The minimum absolute atomic E-state index is 0.200. The van der Waals surface area contributed by atoms with Crippen molar-refractivity contribution in [3.05, 3.63) is 23.2 Å². The quantitative estimate of drug-likeness (QED) is 0.414. The molecule has 4 saturated heterocycles. The van der Waals surface area contributed by atoms with E-state index in [0.29, 0.717) is 55.9 Å². The molecule has 2 atom stereocenters. The monoisotopic (exact) mass is 587 g/mol. The summed E-state index contributed by atoms with van der Waals surface area (Å²) in [5.41, 5.74) is 3.83. The van der Waals surface area contributed by atoms with Gasteiger partial charge in [-0.3, -0.25) is 14.5 Å². The number of rotatable bonds is 8. The zero-order valence-corrected chi connectivity index (χ0v) is 24.2. The highest BCUT2D eigenvalue weighted by atomic mass is 32.2. The molecular formula is C26H33N7O5S2. The lowest BCUT2D eigenvalue weighted by Gasteiger charge is -2.42. The average Bonchev–Trinajstić information content (AvgIpc) is 3.62. The van der Waals surface area contributed by atoms with Gasteiger partial charge in [0.25, 0.3) is 0 Å². The molecule has 2 unspecified atom stereocenters. The summed E-state index contributed by atoms with van der Waals surface area (Å²) in [4.78, 5) is 21.9. The number of morpholine rings is 1.